The second-order valence-electron chi connectivity index (χ2n) is 4.89. The molecule has 0 aromatic heterocycles. The Morgan fingerprint density at radius 1 is 1.35 bits per heavy atom. The van der Waals surface area contributed by atoms with Crippen molar-refractivity contribution in [3.05, 3.63) is 28.2 Å². The SMILES string of the molecule is CC1CC(NS(=O)(=O)c2cc(F)c(Br)cc2F)CCN1. The summed E-state index contributed by atoms with van der Waals surface area (Å²) in [4.78, 5) is -0.663. The largest absolute Gasteiger partial charge is 0.314 e. The number of nitrogens with one attached hydrogen (secondary N) is 2. The quantitative estimate of drug-likeness (QED) is 0.803. The third-order valence-electron chi connectivity index (χ3n) is 3.21. The Kier molecular flexibility index (Phi) is 4.78. The van der Waals surface area contributed by atoms with Gasteiger partial charge in [-0.2, -0.15) is 0 Å². The molecule has 20 heavy (non-hydrogen) atoms. The summed E-state index contributed by atoms with van der Waals surface area (Å²) in [6, 6.07) is 1.41. The van der Waals surface area contributed by atoms with Crippen LogP contribution in [0.15, 0.2) is 21.5 Å². The molecule has 1 aliphatic rings. The van der Waals surface area contributed by atoms with Gasteiger partial charge in [0.2, 0.25) is 10.0 Å². The van der Waals surface area contributed by atoms with E-state index in [9.17, 15) is 17.2 Å². The van der Waals surface area contributed by atoms with Crippen molar-refractivity contribution in [2.24, 2.45) is 0 Å². The van der Waals surface area contributed by atoms with Crippen molar-refractivity contribution in [3.63, 3.8) is 0 Å². The number of rotatable bonds is 3. The molecule has 2 unspecified atom stereocenters. The fourth-order valence-electron chi connectivity index (χ4n) is 2.23. The molecule has 1 aliphatic heterocycles. The second-order valence-corrected chi connectivity index (χ2v) is 7.43. The van der Waals surface area contributed by atoms with E-state index in [0.29, 0.717) is 25.5 Å². The van der Waals surface area contributed by atoms with Gasteiger partial charge in [-0.15, -0.1) is 0 Å². The molecule has 1 saturated heterocycles. The Hall–Kier alpha value is -0.570. The van der Waals surface area contributed by atoms with Crippen molar-refractivity contribution >= 4 is 26.0 Å². The zero-order valence-electron chi connectivity index (χ0n) is 10.8. The minimum Gasteiger partial charge on any atom is -0.314 e. The lowest BCUT2D eigenvalue weighted by Gasteiger charge is -2.28. The van der Waals surface area contributed by atoms with Crippen molar-refractivity contribution in [1.29, 1.82) is 0 Å². The van der Waals surface area contributed by atoms with Crippen LogP contribution in [0.1, 0.15) is 19.8 Å². The summed E-state index contributed by atoms with van der Waals surface area (Å²) in [6.07, 6.45) is 1.23. The highest BCUT2D eigenvalue weighted by Gasteiger charge is 2.27. The molecule has 0 amide bonds. The Morgan fingerprint density at radius 2 is 2.05 bits per heavy atom. The van der Waals surface area contributed by atoms with Crippen LogP contribution in [-0.2, 0) is 10.0 Å². The molecule has 4 nitrogen and oxygen atoms in total. The van der Waals surface area contributed by atoms with Gasteiger partial charge in [-0.3, -0.25) is 0 Å². The van der Waals surface area contributed by atoms with Crippen molar-refractivity contribution in [2.75, 3.05) is 6.54 Å². The third-order valence-corrected chi connectivity index (χ3v) is 5.35. The first-order chi connectivity index (χ1) is 9.29. The number of hydrogen-bond donors (Lipinski definition) is 2. The summed E-state index contributed by atoms with van der Waals surface area (Å²) in [6.45, 7) is 2.63. The minimum atomic E-state index is -4.07. The predicted molar refractivity (Wildman–Crippen MR) is 74.9 cm³/mol. The monoisotopic (exact) mass is 368 g/mol. The van der Waals surface area contributed by atoms with Gasteiger partial charge >= 0.3 is 0 Å². The first-order valence-electron chi connectivity index (χ1n) is 6.20. The van der Waals surface area contributed by atoms with Gasteiger partial charge in [0.1, 0.15) is 16.5 Å². The molecule has 112 valence electrons. The number of sulfonamides is 1. The lowest BCUT2D eigenvalue weighted by Crippen LogP contribution is -2.46. The normalized spacial score (nSPS) is 23.8. The highest BCUT2D eigenvalue weighted by molar-refractivity contribution is 9.10. The standard InChI is InChI=1S/C12H15BrF2N2O2S/c1-7-4-8(2-3-16-7)17-20(18,19)12-6-10(14)9(13)5-11(12)15/h5-8,16-17H,2-4H2,1H3. The molecule has 0 radical (unpaired) electrons. The van der Waals surface area contributed by atoms with Crippen LogP contribution in [0.3, 0.4) is 0 Å². The zero-order valence-corrected chi connectivity index (χ0v) is 13.2. The highest BCUT2D eigenvalue weighted by atomic mass is 79.9. The first-order valence-corrected chi connectivity index (χ1v) is 8.47. The average Bonchev–Trinajstić information content (AvgIpc) is 2.33. The molecular formula is C12H15BrF2N2O2S. The molecule has 1 aromatic rings. The van der Waals surface area contributed by atoms with Crippen LogP contribution >= 0.6 is 15.9 Å². The van der Waals surface area contributed by atoms with E-state index in [-0.39, 0.29) is 16.6 Å². The van der Waals surface area contributed by atoms with Crippen LogP contribution in [0.25, 0.3) is 0 Å². The number of hydrogen-bond acceptors (Lipinski definition) is 3. The van der Waals surface area contributed by atoms with Gasteiger partial charge in [0.25, 0.3) is 0 Å². The fraction of sp³-hybridized carbons (Fsp3) is 0.500. The summed E-state index contributed by atoms with van der Waals surface area (Å²) in [5, 5.41) is 3.19. The number of benzene rings is 1. The molecule has 0 saturated carbocycles. The van der Waals surface area contributed by atoms with Crippen LogP contribution in [0.5, 0.6) is 0 Å². The summed E-state index contributed by atoms with van der Waals surface area (Å²) < 4.78 is 53.8. The summed E-state index contributed by atoms with van der Waals surface area (Å²) in [7, 11) is -4.07. The number of halogens is 3. The molecular weight excluding hydrogens is 354 g/mol. The Labute approximate surface area is 125 Å². The maximum Gasteiger partial charge on any atom is 0.243 e. The topological polar surface area (TPSA) is 58.2 Å². The van der Waals surface area contributed by atoms with E-state index in [1.165, 1.54) is 0 Å². The van der Waals surface area contributed by atoms with Gasteiger partial charge in [-0.05, 0) is 54.4 Å². The zero-order chi connectivity index (χ0) is 14.9. The van der Waals surface area contributed by atoms with E-state index in [1.807, 2.05) is 6.92 Å². The van der Waals surface area contributed by atoms with E-state index < -0.39 is 26.6 Å². The molecule has 2 N–H and O–H groups in total. The molecule has 2 atom stereocenters. The summed E-state index contributed by atoms with van der Waals surface area (Å²) in [5.74, 6) is -1.79. The maximum atomic E-state index is 13.7. The van der Waals surface area contributed by atoms with Gasteiger partial charge in [0.15, 0.2) is 0 Å². The van der Waals surface area contributed by atoms with Gasteiger partial charge in [0, 0.05) is 12.1 Å². The molecule has 1 fully saturated rings. The molecule has 0 aliphatic carbocycles. The van der Waals surface area contributed by atoms with Gasteiger partial charge in [-0.1, -0.05) is 0 Å². The Morgan fingerprint density at radius 3 is 2.70 bits per heavy atom. The van der Waals surface area contributed by atoms with Crippen LogP contribution in [0.2, 0.25) is 0 Å². The smallest absolute Gasteiger partial charge is 0.243 e. The lowest BCUT2D eigenvalue weighted by atomic mass is 10.0. The number of piperidine rings is 1. The molecule has 1 heterocycles. The highest BCUT2D eigenvalue weighted by Crippen LogP contribution is 2.24. The van der Waals surface area contributed by atoms with Crippen molar-refractivity contribution in [2.45, 2.75) is 36.7 Å². The lowest BCUT2D eigenvalue weighted by molar-refractivity contribution is 0.361. The van der Waals surface area contributed by atoms with Crippen molar-refractivity contribution < 1.29 is 17.2 Å². The minimum absolute atomic E-state index is 0.107. The van der Waals surface area contributed by atoms with E-state index in [0.717, 1.165) is 6.07 Å². The van der Waals surface area contributed by atoms with Crippen LogP contribution < -0.4 is 10.0 Å². The first kappa shape index (κ1) is 15.8. The van der Waals surface area contributed by atoms with Crippen molar-refractivity contribution in [1.82, 2.24) is 10.0 Å². The van der Waals surface area contributed by atoms with E-state index in [4.69, 9.17) is 0 Å². The van der Waals surface area contributed by atoms with E-state index in [2.05, 4.69) is 26.0 Å². The average molecular weight is 369 g/mol. The molecule has 8 heteroatoms. The van der Waals surface area contributed by atoms with E-state index in [1.54, 1.807) is 0 Å². The predicted octanol–water partition coefficient (Wildman–Crippen LogP) is 2.15. The summed E-state index contributed by atoms with van der Waals surface area (Å²) in [5.41, 5.74) is 0. The third kappa shape index (κ3) is 3.55. The van der Waals surface area contributed by atoms with Crippen LogP contribution in [0, 0.1) is 11.6 Å². The van der Waals surface area contributed by atoms with Gasteiger partial charge in [-0.25, -0.2) is 21.9 Å². The Balaban J connectivity index is 2.24. The van der Waals surface area contributed by atoms with Crippen LogP contribution in [-0.4, -0.2) is 27.0 Å². The van der Waals surface area contributed by atoms with Gasteiger partial charge < -0.3 is 5.32 Å². The second kappa shape index (κ2) is 6.05. The maximum absolute atomic E-state index is 13.7. The van der Waals surface area contributed by atoms with Crippen LogP contribution in [0.4, 0.5) is 8.78 Å². The fourth-order valence-corrected chi connectivity index (χ4v) is 3.90. The molecule has 2 rings (SSSR count). The molecule has 0 spiro atoms. The van der Waals surface area contributed by atoms with E-state index >= 15 is 0 Å². The molecule has 0 bridgehead atoms. The Bertz CT molecular complexity index is 610. The van der Waals surface area contributed by atoms with Gasteiger partial charge in [0.05, 0.1) is 4.47 Å². The molecule has 1 aromatic carbocycles. The van der Waals surface area contributed by atoms with Crippen molar-refractivity contribution in [3.8, 4) is 0 Å². The summed E-state index contributed by atoms with van der Waals surface area (Å²) >= 11 is 2.81.